The topological polar surface area (TPSA) is 84.2 Å². The van der Waals surface area contributed by atoms with Gasteiger partial charge in [0.1, 0.15) is 23.4 Å². The molecule has 1 aliphatic heterocycles. The minimum absolute atomic E-state index is 0.0782. The maximum absolute atomic E-state index is 12.8. The summed E-state index contributed by atoms with van der Waals surface area (Å²) in [4.78, 5) is 19.0. The van der Waals surface area contributed by atoms with E-state index >= 15 is 0 Å². The highest BCUT2D eigenvalue weighted by Gasteiger charge is 2.31. The SMILES string of the molecule is Cc1nc([C@@H]2CN(C(=O)[C@H](C)c3cc(C)oc3C)CCO2)n[nH]1. The Balaban J connectivity index is 1.73. The number of carbonyl (C=O) groups is 1. The highest BCUT2D eigenvalue weighted by Crippen LogP contribution is 2.27. The Kier molecular flexibility index (Phi) is 4.21. The molecule has 1 amide bonds. The fourth-order valence-electron chi connectivity index (χ4n) is 3.00. The molecule has 2 atom stereocenters. The van der Waals surface area contributed by atoms with Crippen LogP contribution >= 0.6 is 0 Å². The molecule has 124 valence electrons. The first-order valence-electron chi connectivity index (χ1n) is 7.82. The molecule has 0 aliphatic carbocycles. The highest BCUT2D eigenvalue weighted by atomic mass is 16.5. The van der Waals surface area contributed by atoms with E-state index in [-0.39, 0.29) is 17.9 Å². The molecule has 0 spiro atoms. The third kappa shape index (κ3) is 3.14. The van der Waals surface area contributed by atoms with Crippen molar-refractivity contribution in [3.05, 3.63) is 34.8 Å². The van der Waals surface area contributed by atoms with Gasteiger partial charge >= 0.3 is 0 Å². The molecule has 7 nitrogen and oxygen atoms in total. The Labute approximate surface area is 135 Å². The maximum Gasteiger partial charge on any atom is 0.230 e. The fourth-order valence-corrected chi connectivity index (χ4v) is 3.00. The molecular formula is C16H22N4O3. The van der Waals surface area contributed by atoms with E-state index in [0.717, 1.165) is 22.9 Å². The van der Waals surface area contributed by atoms with Crippen LogP contribution in [-0.4, -0.2) is 45.7 Å². The summed E-state index contributed by atoms with van der Waals surface area (Å²) in [5.41, 5.74) is 0.948. The lowest BCUT2D eigenvalue weighted by Crippen LogP contribution is -2.44. The first-order valence-corrected chi connectivity index (χ1v) is 7.82. The van der Waals surface area contributed by atoms with E-state index in [2.05, 4.69) is 15.2 Å². The normalized spacial score (nSPS) is 19.8. The van der Waals surface area contributed by atoms with Gasteiger partial charge in [-0.2, -0.15) is 5.10 Å². The summed E-state index contributed by atoms with van der Waals surface area (Å²) in [5.74, 6) is 2.81. The number of aryl methyl sites for hydroxylation is 3. The molecule has 0 bridgehead atoms. The number of aromatic nitrogens is 3. The molecule has 0 aromatic carbocycles. The average molecular weight is 318 g/mol. The van der Waals surface area contributed by atoms with Crippen molar-refractivity contribution in [1.82, 2.24) is 20.1 Å². The standard InChI is InChI=1S/C16H22N4O3/c1-9-7-13(11(3)23-9)10(2)16(21)20-5-6-22-14(8-20)15-17-12(4)18-19-15/h7,10,14H,5-6,8H2,1-4H3,(H,17,18,19)/t10-,14+/m1/s1. The molecule has 2 aromatic heterocycles. The van der Waals surface area contributed by atoms with Crippen LogP contribution in [0.4, 0.5) is 0 Å². The largest absolute Gasteiger partial charge is 0.466 e. The van der Waals surface area contributed by atoms with Crippen molar-refractivity contribution in [2.24, 2.45) is 0 Å². The molecule has 7 heteroatoms. The second-order valence-corrected chi connectivity index (χ2v) is 6.01. The van der Waals surface area contributed by atoms with Gasteiger partial charge in [-0.1, -0.05) is 0 Å². The predicted octanol–water partition coefficient (Wildman–Crippen LogP) is 2.03. The van der Waals surface area contributed by atoms with E-state index in [1.165, 1.54) is 0 Å². The number of carbonyl (C=O) groups excluding carboxylic acids is 1. The lowest BCUT2D eigenvalue weighted by Gasteiger charge is -2.33. The molecule has 3 heterocycles. The monoisotopic (exact) mass is 318 g/mol. The minimum atomic E-state index is -0.281. The zero-order valence-electron chi connectivity index (χ0n) is 13.9. The van der Waals surface area contributed by atoms with Gasteiger partial charge in [-0.25, -0.2) is 4.98 Å². The molecule has 1 fully saturated rings. The number of H-pyrrole nitrogens is 1. The van der Waals surface area contributed by atoms with E-state index in [9.17, 15) is 4.79 Å². The first-order chi connectivity index (χ1) is 11.0. The van der Waals surface area contributed by atoms with Crippen LogP contribution in [0.15, 0.2) is 10.5 Å². The van der Waals surface area contributed by atoms with Crippen LogP contribution in [0.1, 0.15) is 47.7 Å². The molecular weight excluding hydrogens is 296 g/mol. The second kappa shape index (κ2) is 6.16. The Morgan fingerprint density at radius 2 is 2.22 bits per heavy atom. The van der Waals surface area contributed by atoms with E-state index in [1.54, 1.807) is 0 Å². The summed E-state index contributed by atoms with van der Waals surface area (Å²) >= 11 is 0. The quantitative estimate of drug-likeness (QED) is 0.936. The van der Waals surface area contributed by atoms with Gasteiger partial charge in [0.15, 0.2) is 5.82 Å². The molecule has 1 N–H and O–H groups in total. The number of amides is 1. The van der Waals surface area contributed by atoms with Gasteiger partial charge in [-0.15, -0.1) is 0 Å². The Hall–Kier alpha value is -2.15. The van der Waals surface area contributed by atoms with Crippen LogP contribution in [-0.2, 0) is 9.53 Å². The molecule has 3 rings (SSSR count). The Morgan fingerprint density at radius 3 is 2.83 bits per heavy atom. The van der Waals surface area contributed by atoms with Gasteiger partial charge in [-0.05, 0) is 33.8 Å². The third-order valence-corrected chi connectivity index (χ3v) is 4.20. The maximum atomic E-state index is 12.8. The van der Waals surface area contributed by atoms with Crippen molar-refractivity contribution in [2.75, 3.05) is 19.7 Å². The summed E-state index contributed by atoms with van der Waals surface area (Å²) in [6.45, 7) is 9.08. The molecule has 0 radical (unpaired) electrons. The molecule has 0 unspecified atom stereocenters. The summed E-state index contributed by atoms with van der Waals surface area (Å²) in [5, 5.41) is 6.95. The molecule has 0 saturated carbocycles. The van der Waals surface area contributed by atoms with Crippen molar-refractivity contribution in [2.45, 2.75) is 39.7 Å². The molecule has 23 heavy (non-hydrogen) atoms. The smallest absolute Gasteiger partial charge is 0.230 e. The number of furan rings is 1. The average Bonchev–Trinajstić information content (AvgIpc) is 3.11. The lowest BCUT2D eigenvalue weighted by molar-refractivity contribution is -0.140. The second-order valence-electron chi connectivity index (χ2n) is 6.01. The predicted molar refractivity (Wildman–Crippen MR) is 83.0 cm³/mol. The van der Waals surface area contributed by atoms with E-state index < -0.39 is 0 Å². The number of ether oxygens (including phenoxy) is 1. The summed E-state index contributed by atoms with van der Waals surface area (Å²) in [6.07, 6.45) is -0.281. The van der Waals surface area contributed by atoms with Crippen molar-refractivity contribution >= 4 is 5.91 Å². The van der Waals surface area contributed by atoms with Gasteiger partial charge in [0.05, 0.1) is 19.1 Å². The Morgan fingerprint density at radius 1 is 1.43 bits per heavy atom. The van der Waals surface area contributed by atoms with Crippen molar-refractivity contribution < 1.29 is 13.9 Å². The van der Waals surface area contributed by atoms with Crippen LogP contribution in [0.25, 0.3) is 0 Å². The lowest BCUT2D eigenvalue weighted by atomic mass is 9.99. The zero-order valence-corrected chi connectivity index (χ0v) is 13.9. The third-order valence-electron chi connectivity index (χ3n) is 4.20. The number of nitrogens with zero attached hydrogens (tertiary/aromatic N) is 3. The minimum Gasteiger partial charge on any atom is -0.466 e. The number of aromatic amines is 1. The fraction of sp³-hybridized carbons (Fsp3) is 0.562. The number of hydrogen-bond acceptors (Lipinski definition) is 5. The van der Waals surface area contributed by atoms with Crippen LogP contribution in [0.3, 0.4) is 0 Å². The summed E-state index contributed by atoms with van der Waals surface area (Å²) in [6, 6.07) is 1.94. The molecule has 1 aliphatic rings. The number of morpholine rings is 1. The van der Waals surface area contributed by atoms with Crippen LogP contribution in [0, 0.1) is 20.8 Å². The van der Waals surface area contributed by atoms with Gasteiger partial charge in [0.25, 0.3) is 0 Å². The van der Waals surface area contributed by atoms with Crippen LogP contribution in [0.2, 0.25) is 0 Å². The number of hydrogen-bond donors (Lipinski definition) is 1. The van der Waals surface area contributed by atoms with Gasteiger partial charge in [0.2, 0.25) is 5.91 Å². The van der Waals surface area contributed by atoms with Crippen LogP contribution in [0.5, 0.6) is 0 Å². The first kappa shape index (κ1) is 15.7. The Bertz CT molecular complexity index is 706. The van der Waals surface area contributed by atoms with Gasteiger partial charge in [-0.3, -0.25) is 9.89 Å². The highest BCUT2D eigenvalue weighted by molar-refractivity contribution is 5.83. The number of nitrogens with one attached hydrogen (secondary N) is 1. The van der Waals surface area contributed by atoms with E-state index in [4.69, 9.17) is 9.15 Å². The number of rotatable bonds is 3. The van der Waals surface area contributed by atoms with E-state index in [1.807, 2.05) is 38.7 Å². The van der Waals surface area contributed by atoms with E-state index in [0.29, 0.717) is 25.5 Å². The summed E-state index contributed by atoms with van der Waals surface area (Å²) in [7, 11) is 0. The van der Waals surface area contributed by atoms with Gasteiger partial charge < -0.3 is 14.1 Å². The zero-order chi connectivity index (χ0) is 16.6. The van der Waals surface area contributed by atoms with Crippen LogP contribution < -0.4 is 0 Å². The summed E-state index contributed by atoms with van der Waals surface area (Å²) < 4.78 is 11.3. The van der Waals surface area contributed by atoms with Crippen molar-refractivity contribution in [1.29, 1.82) is 0 Å². The van der Waals surface area contributed by atoms with Gasteiger partial charge in [0, 0.05) is 12.1 Å². The van der Waals surface area contributed by atoms with Crippen molar-refractivity contribution in [3.63, 3.8) is 0 Å². The molecule has 1 saturated heterocycles. The van der Waals surface area contributed by atoms with Crippen molar-refractivity contribution in [3.8, 4) is 0 Å². The molecule has 2 aromatic rings.